The predicted molar refractivity (Wildman–Crippen MR) is 93.0 cm³/mol. The van der Waals surface area contributed by atoms with Crippen LogP contribution in [0.15, 0.2) is 23.6 Å². The molecule has 128 valence electrons. The molecule has 1 fully saturated rings. The van der Waals surface area contributed by atoms with Gasteiger partial charge in [-0.3, -0.25) is 4.90 Å². The van der Waals surface area contributed by atoms with Crippen molar-refractivity contribution in [3.05, 3.63) is 34.8 Å². The van der Waals surface area contributed by atoms with Crippen molar-refractivity contribution in [2.24, 2.45) is 0 Å². The minimum atomic E-state index is -0.520. The van der Waals surface area contributed by atoms with Crippen LogP contribution in [0.25, 0.3) is 0 Å². The number of thiazole rings is 1. The summed E-state index contributed by atoms with van der Waals surface area (Å²) >= 11 is 1.70. The fourth-order valence-electron chi connectivity index (χ4n) is 3.08. The molecular weight excluding hydrogens is 326 g/mol. The van der Waals surface area contributed by atoms with Crippen LogP contribution < -0.4 is 14.4 Å². The minimum absolute atomic E-state index is 0.257. The maximum atomic E-state index is 10.5. The van der Waals surface area contributed by atoms with Crippen LogP contribution in [-0.4, -0.2) is 54.5 Å². The van der Waals surface area contributed by atoms with Crippen molar-refractivity contribution in [2.45, 2.75) is 13.0 Å². The molecule has 1 N–H and O–H groups in total. The van der Waals surface area contributed by atoms with Crippen LogP contribution in [0.3, 0.4) is 0 Å². The van der Waals surface area contributed by atoms with E-state index in [0.29, 0.717) is 6.54 Å². The highest BCUT2D eigenvalue weighted by Crippen LogP contribution is 2.34. The number of benzene rings is 1. The zero-order valence-electron chi connectivity index (χ0n) is 13.6. The Morgan fingerprint density at radius 3 is 2.75 bits per heavy atom. The van der Waals surface area contributed by atoms with Crippen LogP contribution in [0, 0.1) is 6.92 Å². The smallest absolute Gasteiger partial charge is 0.231 e. The molecule has 1 atom stereocenters. The first-order valence-corrected chi connectivity index (χ1v) is 9.04. The van der Waals surface area contributed by atoms with Crippen LogP contribution >= 0.6 is 11.3 Å². The average molecular weight is 347 g/mol. The number of aromatic nitrogens is 1. The predicted octanol–water partition coefficient (Wildman–Crippen LogP) is 2.04. The van der Waals surface area contributed by atoms with Gasteiger partial charge >= 0.3 is 0 Å². The Bertz CT molecular complexity index is 713. The van der Waals surface area contributed by atoms with Gasteiger partial charge in [-0.1, -0.05) is 6.07 Å². The number of ether oxygens (including phenoxy) is 2. The number of piperazine rings is 1. The van der Waals surface area contributed by atoms with Gasteiger partial charge < -0.3 is 19.5 Å². The topological polar surface area (TPSA) is 58.1 Å². The number of nitrogens with zero attached hydrogens (tertiary/aromatic N) is 3. The Morgan fingerprint density at radius 1 is 1.21 bits per heavy atom. The molecule has 1 aromatic heterocycles. The van der Waals surface area contributed by atoms with Gasteiger partial charge in [0, 0.05) is 38.1 Å². The molecule has 2 aliphatic heterocycles. The summed E-state index contributed by atoms with van der Waals surface area (Å²) < 4.78 is 10.7. The number of aliphatic hydroxyl groups is 1. The van der Waals surface area contributed by atoms with E-state index in [1.54, 1.807) is 11.3 Å². The van der Waals surface area contributed by atoms with Gasteiger partial charge in [0.2, 0.25) is 6.79 Å². The number of aryl methyl sites for hydroxylation is 1. The second kappa shape index (κ2) is 6.58. The molecule has 0 amide bonds. The molecule has 2 aromatic rings. The second-order valence-corrected chi connectivity index (χ2v) is 7.02. The number of hydrogen-bond acceptors (Lipinski definition) is 7. The first-order chi connectivity index (χ1) is 11.7. The van der Waals surface area contributed by atoms with Gasteiger partial charge in [0.15, 0.2) is 16.6 Å². The molecule has 7 heteroatoms. The van der Waals surface area contributed by atoms with Crippen LogP contribution in [0.4, 0.5) is 5.13 Å². The lowest BCUT2D eigenvalue weighted by Crippen LogP contribution is -2.47. The van der Waals surface area contributed by atoms with Gasteiger partial charge in [0.05, 0.1) is 11.8 Å². The van der Waals surface area contributed by atoms with E-state index in [2.05, 4.69) is 20.2 Å². The molecule has 1 aromatic carbocycles. The normalized spacial score (nSPS) is 18.8. The summed E-state index contributed by atoms with van der Waals surface area (Å²) in [6.07, 6.45) is -0.520. The van der Waals surface area contributed by atoms with E-state index >= 15 is 0 Å². The fourth-order valence-corrected chi connectivity index (χ4v) is 3.94. The Morgan fingerprint density at radius 2 is 2.00 bits per heavy atom. The first-order valence-electron chi connectivity index (χ1n) is 8.16. The van der Waals surface area contributed by atoms with E-state index in [1.807, 2.05) is 25.1 Å². The number of fused-ring (bicyclic) bond motifs is 1. The summed E-state index contributed by atoms with van der Waals surface area (Å²) in [6.45, 7) is 6.66. The Labute approximate surface area is 145 Å². The Balaban J connectivity index is 1.33. The van der Waals surface area contributed by atoms with E-state index in [-0.39, 0.29) is 6.79 Å². The van der Waals surface area contributed by atoms with Crippen molar-refractivity contribution in [3.8, 4) is 11.5 Å². The molecule has 1 saturated heterocycles. The van der Waals surface area contributed by atoms with Crippen molar-refractivity contribution in [2.75, 3.05) is 44.4 Å². The third-order valence-electron chi connectivity index (χ3n) is 4.46. The van der Waals surface area contributed by atoms with Crippen molar-refractivity contribution < 1.29 is 14.6 Å². The van der Waals surface area contributed by atoms with E-state index in [0.717, 1.165) is 54.1 Å². The molecule has 4 rings (SSSR count). The van der Waals surface area contributed by atoms with Crippen molar-refractivity contribution >= 4 is 16.5 Å². The minimum Gasteiger partial charge on any atom is -0.454 e. The summed E-state index contributed by atoms with van der Waals surface area (Å²) in [6, 6.07) is 5.65. The highest BCUT2D eigenvalue weighted by molar-refractivity contribution is 7.13. The molecule has 0 unspecified atom stereocenters. The average Bonchev–Trinajstić information content (AvgIpc) is 3.23. The van der Waals surface area contributed by atoms with Gasteiger partial charge in [-0.05, 0) is 24.6 Å². The molecule has 2 aliphatic rings. The molecule has 3 heterocycles. The maximum absolute atomic E-state index is 10.5. The second-order valence-electron chi connectivity index (χ2n) is 6.19. The van der Waals surface area contributed by atoms with E-state index in [1.165, 1.54) is 0 Å². The number of anilines is 1. The van der Waals surface area contributed by atoms with E-state index in [4.69, 9.17) is 9.47 Å². The highest BCUT2D eigenvalue weighted by Gasteiger charge is 2.23. The standard InChI is InChI=1S/C17H21N3O3S/c1-12-10-24-17(18-12)20-6-4-19(5-7-20)9-14(21)13-2-3-15-16(8-13)23-11-22-15/h2-3,8,10,14,21H,4-7,9,11H2,1H3/t14-/m1/s1. The molecular formula is C17H21N3O3S. The van der Waals surface area contributed by atoms with Crippen molar-refractivity contribution in [3.63, 3.8) is 0 Å². The lowest BCUT2D eigenvalue weighted by Gasteiger charge is -2.35. The van der Waals surface area contributed by atoms with Crippen molar-refractivity contribution in [1.29, 1.82) is 0 Å². The highest BCUT2D eigenvalue weighted by atomic mass is 32.1. The van der Waals surface area contributed by atoms with E-state index < -0.39 is 6.10 Å². The van der Waals surface area contributed by atoms with Crippen LogP contribution in [-0.2, 0) is 0 Å². The summed E-state index contributed by atoms with van der Waals surface area (Å²) in [4.78, 5) is 9.17. The zero-order valence-corrected chi connectivity index (χ0v) is 14.5. The van der Waals surface area contributed by atoms with Crippen LogP contribution in [0.2, 0.25) is 0 Å². The van der Waals surface area contributed by atoms with Gasteiger partial charge in [0.1, 0.15) is 0 Å². The van der Waals surface area contributed by atoms with Crippen LogP contribution in [0.5, 0.6) is 11.5 Å². The largest absolute Gasteiger partial charge is 0.454 e. The summed E-state index contributed by atoms with van der Waals surface area (Å²) in [5.74, 6) is 1.47. The summed E-state index contributed by atoms with van der Waals surface area (Å²) in [5.41, 5.74) is 1.95. The summed E-state index contributed by atoms with van der Waals surface area (Å²) in [7, 11) is 0. The van der Waals surface area contributed by atoms with Gasteiger partial charge in [-0.25, -0.2) is 4.98 Å². The monoisotopic (exact) mass is 347 g/mol. The number of hydrogen-bond donors (Lipinski definition) is 1. The molecule has 0 bridgehead atoms. The fraction of sp³-hybridized carbons (Fsp3) is 0.471. The quantitative estimate of drug-likeness (QED) is 0.913. The molecule has 24 heavy (non-hydrogen) atoms. The van der Waals surface area contributed by atoms with Crippen LogP contribution in [0.1, 0.15) is 17.4 Å². The number of rotatable bonds is 4. The number of aliphatic hydroxyl groups excluding tert-OH is 1. The SMILES string of the molecule is Cc1csc(N2CCN(C[C@@H](O)c3ccc4c(c3)OCO4)CC2)n1. The molecule has 0 aliphatic carbocycles. The summed E-state index contributed by atoms with van der Waals surface area (Å²) in [5, 5.41) is 13.7. The zero-order chi connectivity index (χ0) is 16.5. The Hall–Kier alpha value is -1.83. The van der Waals surface area contributed by atoms with Crippen molar-refractivity contribution in [1.82, 2.24) is 9.88 Å². The van der Waals surface area contributed by atoms with E-state index in [9.17, 15) is 5.11 Å². The van der Waals surface area contributed by atoms with Gasteiger partial charge in [0.25, 0.3) is 0 Å². The van der Waals surface area contributed by atoms with Gasteiger partial charge in [-0.15, -0.1) is 11.3 Å². The third kappa shape index (κ3) is 3.19. The first kappa shape index (κ1) is 15.7. The maximum Gasteiger partial charge on any atom is 0.231 e. The van der Waals surface area contributed by atoms with Gasteiger partial charge in [-0.2, -0.15) is 0 Å². The lowest BCUT2D eigenvalue weighted by atomic mass is 10.1. The molecule has 6 nitrogen and oxygen atoms in total. The lowest BCUT2D eigenvalue weighted by molar-refractivity contribution is 0.109. The molecule has 0 saturated carbocycles. The third-order valence-corrected chi connectivity index (χ3v) is 5.48. The number of β-amino-alcohol motifs (C(OH)–C–C–N with tert-alkyl or cyclic N) is 1. The Kier molecular flexibility index (Phi) is 4.30. The molecule has 0 radical (unpaired) electrons. The molecule has 0 spiro atoms.